The minimum atomic E-state index is 1.16. The van der Waals surface area contributed by atoms with Gasteiger partial charge in [0.15, 0.2) is 0 Å². The van der Waals surface area contributed by atoms with Gasteiger partial charge in [-0.25, -0.2) is 0 Å². The Morgan fingerprint density at radius 1 is 0.259 bits per heavy atom. The van der Waals surface area contributed by atoms with Crippen LogP contribution < -0.4 is 0 Å². The average Bonchev–Trinajstić information content (AvgIpc) is 3.77. The fourth-order valence-corrected chi connectivity index (χ4v) is 9.26. The maximum Gasteiger partial charge on any atom is 0.0626 e. The third-order valence-corrected chi connectivity index (χ3v) is 11.6. The second-order valence-corrected chi connectivity index (χ2v) is 14.5. The normalized spacial score (nSPS) is 12.1. The summed E-state index contributed by atoms with van der Waals surface area (Å²) in [6.07, 6.45) is 0. The molecular weight excluding hydrogens is 653 g/mol. The Labute approximate surface area is 311 Å². The SMILES string of the molecule is c1ccc2cc(-n3c4ccccc4c4cc(-c5ccc(-n6c7ccc8ccccc8c7c7c8ccccc8c8ccccc8c76)cc5)ccc43)ccc2c1. The highest BCUT2D eigenvalue weighted by atomic mass is 15.0. The van der Waals surface area contributed by atoms with Gasteiger partial charge in [0.05, 0.1) is 22.1 Å². The molecule has 0 aliphatic rings. The van der Waals surface area contributed by atoms with E-state index < -0.39 is 0 Å². The molecule has 2 heteroatoms. The van der Waals surface area contributed by atoms with E-state index in [0.29, 0.717) is 0 Å². The van der Waals surface area contributed by atoms with E-state index in [9.17, 15) is 0 Å². The molecule has 0 unspecified atom stereocenters. The molecule has 0 radical (unpaired) electrons. The fourth-order valence-electron chi connectivity index (χ4n) is 9.26. The zero-order chi connectivity index (χ0) is 35.3. The zero-order valence-corrected chi connectivity index (χ0v) is 29.4. The first kappa shape index (κ1) is 29.4. The molecule has 2 aromatic heterocycles. The van der Waals surface area contributed by atoms with Crippen LogP contribution >= 0.6 is 0 Å². The van der Waals surface area contributed by atoms with E-state index in [2.05, 4.69) is 203 Å². The van der Waals surface area contributed by atoms with E-state index in [0.717, 1.165) is 5.69 Å². The van der Waals surface area contributed by atoms with Crippen LogP contribution in [-0.4, -0.2) is 9.13 Å². The van der Waals surface area contributed by atoms with Gasteiger partial charge in [-0.1, -0.05) is 146 Å². The van der Waals surface area contributed by atoms with Crippen LogP contribution in [0.2, 0.25) is 0 Å². The highest BCUT2D eigenvalue weighted by Crippen LogP contribution is 2.45. The van der Waals surface area contributed by atoms with E-state index in [1.165, 1.54) is 104 Å². The number of aromatic nitrogens is 2. The van der Waals surface area contributed by atoms with Crippen molar-refractivity contribution in [3.05, 3.63) is 194 Å². The Morgan fingerprint density at radius 3 is 1.63 bits per heavy atom. The van der Waals surface area contributed by atoms with Gasteiger partial charge in [0.25, 0.3) is 0 Å². The third-order valence-electron chi connectivity index (χ3n) is 11.6. The largest absolute Gasteiger partial charge is 0.309 e. The standard InChI is InChI=1S/C52H32N2/c1-2-13-36-31-39(28-23-33(36)11-1)53-47-20-10-9-17-43(47)46-32-37(25-29-48(46)53)34-21-26-38(27-22-34)54-49-30-24-35-12-3-4-14-40(35)50(49)51-44-18-7-5-15-41(44)42-16-6-8-19-45(42)52(51)54/h1-32H. The van der Waals surface area contributed by atoms with Gasteiger partial charge in [-0.2, -0.15) is 0 Å². The Balaban J connectivity index is 1.06. The summed E-state index contributed by atoms with van der Waals surface area (Å²) in [4.78, 5) is 0. The molecule has 10 aromatic carbocycles. The molecule has 12 aromatic rings. The van der Waals surface area contributed by atoms with Crippen molar-refractivity contribution in [3.63, 3.8) is 0 Å². The van der Waals surface area contributed by atoms with Crippen LogP contribution in [0.1, 0.15) is 0 Å². The molecule has 12 rings (SSSR count). The van der Waals surface area contributed by atoms with Crippen molar-refractivity contribution in [2.45, 2.75) is 0 Å². The number of fused-ring (bicyclic) bond motifs is 14. The Bertz CT molecular complexity index is 3490. The van der Waals surface area contributed by atoms with Crippen LogP contribution in [0.3, 0.4) is 0 Å². The third kappa shape index (κ3) is 4.11. The average molecular weight is 685 g/mol. The number of hydrogen-bond acceptors (Lipinski definition) is 0. The minimum Gasteiger partial charge on any atom is -0.309 e. The van der Waals surface area contributed by atoms with Gasteiger partial charge in [0, 0.05) is 38.3 Å². The molecule has 0 spiro atoms. The van der Waals surface area contributed by atoms with Crippen LogP contribution in [-0.2, 0) is 0 Å². The van der Waals surface area contributed by atoms with Crippen LogP contribution in [0, 0.1) is 0 Å². The molecule has 0 fully saturated rings. The number of rotatable bonds is 3. The second-order valence-electron chi connectivity index (χ2n) is 14.5. The number of nitrogens with zero attached hydrogens (tertiary/aromatic N) is 2. The monoisotopic (exact) mass is 684 g/mol. The molecule has 0 saturated heterocycles. The van der Waals surface area contributed by atoms with Crippen molar-refractivity contribution in [2.75, 3.05) is 0 Å². The first-order chi connectivity index (χ1) is 26.8. The van der Waals surface area contributed by atoms with Crippen molar-refractivity contribution < 1.29 is 0 Å². The molecule has 2 nitrogen and oxygen atoms in total. The summed E-state index contributed by atoms with van der Waals surface area (Å²) in [5, 5.41) is 15.3. The summed E-state index contributed by atoms with van der Waals surface area (Å²) >= 11 is 0. The van der Waals surface area contributed by atoms with Crippen molar-refractivity contribution in [2.24, 2.45) is 0 Å². The molecule has 2 heterocycles. The van der Waals surface area contributed by atoms with Gasteiger partial charge in [-0.05, 0) is 97.4 Å². The van der Waals surface area contributed by atoms with Gasteiger partial charge in [-0.15, -0.1) is 0 Å². The molecule has 0 atom stereocenters. The molecule has 0 saturated carbocycles. The predicted octanol–water partition coefficient (Wildman–Crippen LogP) is 14.2. The fraction of sp³-hybridized carbons (Fsp3) is 0. The predicted molar refractivity (Wildman–Crippen MR) is 231 cm³/mol. The first-order valence-corrected chi connectivity index (χ1v) is 18.7. The second kappa shape index (κ2) is 11.2. The van der Waals surface area contributed by atoms with Gasteiger partial charge in [0.2, 0.25) is 0 Å². The van der Waals surface area contributed by atoms with E-state index in [1.807, 2.05) is 0 Å². The molecule has 0 amide bonds. The highest BCUT2D eigenvalue weighted by molar-refractivity contribution is 6.35. The number of para-hydroxylation sites is 1. The van der Waals surface area contributed by atoms with Gasteiger partial charge in [0.1, 0.15) is 0 Å². The van der Waals surface area contributed by atoms with Gasteiger partial charge < -0.3 is 9.13 Å². The smallest absolute Gasteiger partial charge is 0.0626 e. The van der Waals surface area contributed by atoms with Crippen LogP contribution in [0.5, 0.6) is 0 Å². The Hall–Kier alpha value is -7.16. The zero-order valence-electron chi connectivity index (χ0n) is 29.4. The first-order valence-electron chi connectivity index (χ1n) is 18.7. The highest BCUT2D eigenvalue weighted by Gasteiger charge is 2.21. The number of benzene rings is 10. The van der Waals surface area contributed by atoms with Crippen molar-refractivity contribution in [1.82, 2.24) is 9.13 Å². The Morgan fingerprint density at radius 2 is 0.815 bits per heavy atom. The summed E-state index contributed by atoms with van der Waals surface area (Å²) in [6, 6.07) is 71.5. The lowest BCUT2D eigenvalue weighted by Gasteiger charge is -2.13. The van der Waals surface area contributed by atoms with E-state index in [-0.39, 0.29) is 0 Å². The summed E-state index contributed by atoms with van der Waals surface area (Å²) in [7, 11) is 0. The summed E-state index contributed by atoms with van der Waals surface area (Å²) in [5.41, 5.74) is 9.65. The van der Waals surface area contributed by atoms with Gasteiger partial charge >= 0.3 is 0 Å². The van der Waals surface area contributed by atoms with Crippen molar-refractivity contribution in [1.29, 1.82) is 0 Å². The van der Waals surface area contributed by atoms with Crippen molar-refractivity contribution in [3.8, 4) is 22.5 Å². The van der Waals surface area contributed by atoms with Crippen LogP contribution in [0.15, 0.2) is 194 Å². The maximum atomic E-state index is 2.50. The molecule has 0 N–H and O–H groups in total. The quantitative estimate of drug-likeness (QED) is 0.164. The minimum absolute atomic E-state index is 1.16. The van der Waals surface area contributed by atoms with Crippen LogP contribution in [0.25, 0.3) is 109 Å². The van der Waals surface area contributed by atoms with E-state index in [4.69, 9.17) is 0 Å². The van der Waals surface area contributed by atoms with Crippen molar-refractivity contribution >= 4 is 86.7 Å². The van der Waals surface area contributed by atoms with E-state index >= 15 is 0 Å². The molecule has 250 valence electrons. The number of hydrogen-bond donors (Lipinski definition) is 0. The molecule has 0 aliphatic heterocycles. The summed E-state index contributed by atoms with van der Waals surface area (Å²) in [6.45, 7) is 0. The summed E-state index contributed by atoms with van der Waals surface area (Å²) < 4.78 is 4.90. The maximum absolute atomic E-state index is 2.50. The lowest BCUT2D eigenvalue weighted by molar-refractivity contribution is 1.18. The molecule has 0 bridgehead atoms. The van der Waals surface area contributed by atoms with Crippen LogP contribution in [0.4, 0.5) is 0 Å². The van der Waals surface area contributed by atoms with Gasteiger partial charge in [-0.3, -0.25) is 0 Å². The molecule has 0 aliphatic carbocycles. The summed E-state index contributed by atoms with van der Waals surface area (Å²) in [5.74, 6) is 0. The molecular formula is C52H32N2. The van der Waals surface area contributed by atoms with E-state index in [1.54, 1.807) is 0 Å². The lowest BCUT2D eigenvalue weighted by Crippen LogP contribution is -1.95. The Kier molecular flexibility index (Phi) is 6.09. The molecule has 54 heavy (non-hydrogen) atoms. The topological polar surface area (TPSA) is 9.86 Å². The lowest BCUT2D eigenvalue weighted by atomic mass is 9.95.